The van der Waals surface area contributed by atoms with Gasteiger partial charge >= 0.3 is 0 Å². The third kappa shape index (κ3) is 3.33. The van der Waals surface area contributed by atoms with E-state index in [0.29, 0.717) is 0 Å². The van der Waals surface area contributed by atoms with Crippen molar-refractivity contribution in [3.63, 3.8) is 0 Å². The molecule has 0 atom stereocenters. The van der Waals surface area contributed by atoms with E-state index in [9.17, 15) is 0 Å². The summed E-state index contributed by atoms with van der Waals surface area (Å²) in [4.78, 5) is 9.30. The summed E-state index contributed by atoms with van der Waals surface area (Å²) < 4.78 is 4.26. The summed E-state index contributed by atoms with van der Waals surface area (Å²) in [5, 5.41) is 4.25. The fraction of sp³-hybridized carbons (Fsp3) is 0.600. The van der Waals surface area contributed by atoms with Gasteiger partial charge in [-0.25, -0.2) is 4.98 Å². The van der Waals surface area contributed by atoms with Gasteiger partial charge in [0.15, 0.2) is 0 Å². The number of nitrogens with zero attached hydrogens (tertiary/aromatic N) is 6. The van der Waals surface area contributed by atoms with Crippen molar-refractivity contribution in [3.05, 3.63) is 35.7 Å². The lowest BCUT2D eigenvalue weighted by Gasteiger charge is -2.19. The summed E-state index contributed by atoms with van der Waals surface area (Å²) in [6.07, 6.45) is 7.11. The van der Waals surface area contributed by atoms with Crippen LogP contribution in [0.25, 0.3) is 0 Å². The Morgan fingerprint density at radius 3 is 2.76 bits per heavy atom. The predicted molar refractivity (Wildman–Crippen MR) is 81.8 cm³/mol. The molecule has 3 rings (SSSR count). The molecule has 6 nitrogen and oxygen atoms in total. The Hall–Kier alpha value is -1.66. The van der Waals surface area contributed by atoms with Crippen LogP contribution in [0.2, 0.25) is 0 Å². The number of hydrogen-bond acceptors (Lipinski definition) is 4. The molecule has 3 heterocycles. The average Bonchev–Trinajstić information content (AvgIpc) is 2.93. The minimum absolute atomic E-state index is 0.954. The molecule has 0 bridgehead atoms. The molecule has 0 saturated carbocycles. The van der Waals surface area contributed by atoms with Gasteiger partial charge in [-0.3, -0.25) is 9.58 Å². The second-order valence-corrected chi connectivity index (χ2v) is 6.10. The second-order valence-electron chi connectivity index (χ2n) is 6.10. The molecular formula is C15H24N6. The topological polar surface area (TPSA) is 42.1 Å². The van der Waals surface area contributed by atoms with Crippen LogP contribution in [0, 0.1) is 0 Å². The van der Waals surface area contributed by atoms with Crippen molar-refractivity contribution in [2.24, 2.45) is 7.05 Å². The quantitative estimate of drug-likeness (QED) is 0.832. The van der Waals surface area contributed by atoms with Gasteiger partial charge in [0, 0.05) is 64.1 Å². The third-order valence-electron chi connectivity index (χ3n) is 3.96. The molecule has 2 aromatic heterocycles. The smallest absolute Gasteiger partial charge is 0.110 e. The summed E-state index contributed by atoms with van der Waals surface area (Å²) >= 11 is 0. The SMILES string of the molecule is CN(C)Cc1cnc2n1CCN(Cc1cnn(C)c1)CC2. The van der Waals surface area contributed by atoms with Crippen LogP contribution in [0.5, 0.6) is 0 Å². The third-order valence-corrected chi connectivity index (χ3v) is 3.96. The van der Waals surface area contributed by atoms with Gasteiger partial charge in [-0.15, -0.1) is 0 Å². The largest absolute Gasteiger partial charge is 0.329 e. The zero-order valence-electron chi connectivity index (χ0n) is 13.2. The first-order valence-corrected chi connectivity index (χ1v) is 7.49. The maximum absolute atomic E-state index is 4.61. The molecule has 0 N–H and O–H groups in total. The van der Waals surface area contributed by atoms with Gasteiger partial charge in [0.2, 0.25) is 0 Å². The molecule has 114 valence electrons. The van der Waals surface area contributed by atoms with Gasteiger partial charge < -0.3 is 9.47 Å². The summed E-state index contributed by atoms with van der Waals surface area (Å²) in [6, 6.07) is 0. The minimum atomic E-state index is 0.954. The normalized spacial score (nSPS) is 16.2. The van der Waals surface area contributed by atoms with Crippen molar-refractivity contribution in [2.45, 2.75) is 26.1 Å². The minimum Gasteiger partial charge on any atom is -0.329 e. The molecule has 6 heteroatoms. The Bertz CT molecular complexity index is 597. The summed E-state index contributed by atoms with van der Waals surface area (Å²) in [5.41, 5.74) is 2.60. The first-order chi connectivity index (χ1) is 10.1. The summed E-state index contributed by atoms with van der Waals surface area (Å²) in [6.45, 7) is 5.09. The Morgan fingerprint density at radius 2 is 2.05 bits per heavy atom. The molecule has 1 aliphatic heterocycles. The van der Waals surface area contributed by atoms with Gasteiger partial charge in [-0.1, -0.05) is 0 Å². The van der Waals surface area contributed by atoms with Gasteiger partial charge in [0.25, 0.3) is 0 Å². The Morgan fingerprint density at radius 1 is 1.19 bits per heavy atom. The Balaban J connectivity index is 1.66. The lowest BCUT2D eigenvalue weighted by molar-refractivity contribution is 0.269. The number of aryl methyl sites for hydroxylation is 1. The average molecular weight is 288 g/mol. The van der Waals surface area contributed by atoms with Crippen LogP contribution in [-0.4, -0.2) is 56.3 Å². The highest BCUT2D eigenvalue weighted by atomic mass is 15.3. The van der Waals surface area contributed by atoms with Crippen molar-refractivity contribution in [3.8, 4) is 0 Å². The molecule has 0 spiro atoms. The van der Waals surface area contributed by atoms with Crippen molar-refractivity contribution in [2.75, 3.05) is 27.2 Å². The van der Waals surface area contributed by atoms with Gasteiger partial charge in [-0.2, -0.15) is 5.10 Å². The van der Waals surface area contributed by atoms with E-state index in [-0.39, 0.29) is 0 Å². The molecule has 0 fully saturated rings. The Kier molecular flexibility index (Phi) is 4.07. The van der Waals surface area contributed by atoms with Crippen LogP contribution < -0.4 is 0 Å². The van der Waals surface area contributed by atoms with E-state index < -0.39 is 0 Å². The molecular weight excluding hydrogens is 264 g/mol. The van der Waals surface area contributed by atoms with Crippen LogP contribution in [0.3, 0.4) is 0 Å². The summed E-state index contributed by atoms with van der Waals surface area (Å²) in [7, 11) is 6.17. The van der Waals surface area contributed by atoms with E-state index in [0.717, 1.165) is 39.1 Å². The first kappa shape index (κ1) is 14.3. The predicted octanol–water partition coefficient (Wildman–Crippen LogP) is 0.736. The lowest BCUT2D eigenvalue weighted by atomic mass is 10.3. The van der Waals surface area contributed by atoms with E-state index in [1.54, 1.807) is 0 Å². The zero-order chi connectivity index (χ0) is 14.8. The molecule has 1 aliphatic rings. The van der Waals surface area contributed by atoms with Gasteiger partial charge in [0.1, 0.15) is 5.82 Å². The highest BCUT2D eigenvalue weighted by molar-refractivity contribution is 5.08. The fourth-order valence-electron chi connectivity index (χ4n) is 2.96. The van der Waals surface area contributed by atoms with E-state index in [1.165, 1.54) is 17.1 Å². The molecule has 0 amide bonds. The molecule has 0 unspecified atom stereocenters. The number of fused-ring (bicyclic) bond motifs is 1. The Labute approximate surface area is 126 Å². The van der Waals surface area contributed by atoms with E-state index in [4.69, 9.17) is 0 Å². The maximum Gasteiger partial charge on any atom is 0.110 e. The fourth-order valence-corrected chi connectivity index (χ4v) is 2.96. The zero-order valence-corrected chi connectivity index (χ0v) is 13.2. The second kappa shape index (κ2) is 5.99. The highest BCUT2D eigenvalue weighted by Gasteiger charge is 2.18. The van der Waals surface area contributed by atoms with E-state index >= 15 is 0 Å². The highest BCUT2D eigenvalue weighted by Crippen LogP contribution is 2.14. The number of hydrogen-bond donors (Lipinski definition) is 0. The van der Waals surface area contributed by atoms with E-state index in [2.05, 4.69) is 44.7 Å². The molecule has 21 heavy (non-hydrogen) atoms. The van der Waals surface area contributed by atoms with Crippen LogP contribution in [0.1, 0.15) is 17.1 Å². The first-order valence-electron chi connectivity index (χ1n) is 7.49. The maximum atomic E-state index is 4.61. The van der Waals surface area contributed by atoms with Crippen molar-refractivity contribution >= 4 is 0 Å². The van der Waals surface area contributed by atoms with Crippen molar-refractivity contribution < 1.29 is 0 Å². The molecule has 0 aliphatic carbocycles. The molecule has 0 saturated heterocycles. The van der Waals surface area contributed by atoms with Crippen LogP contribution in [0.15, 0.2) is 18.6 Å². The lowest BCUT2D eigenvalue weighted by Crippen LogP contribution is -2.26. The summed E-state index contributed by atoms with van der Waals surface area (Å²) in [5.74, 6) is 1.22. The molecule has 2 aromatic rings. The van der Waals surface area contributed by atoms with E-state index in [1.807, 2.05) is 24.1 Å². The number of rotatable bonds is 4. The van der Waals surface area contributed by atoms with Crippen LogP contribution >= 0.6 is 0 Å². The standard InChI is InChI=1S/C15H24N6/c1-18(2)12-14-9-16-15-4-5-20(6-7-21(14)15)11-13-8-17-19(3)10-13/h8-10H,4-7,11-12H2,1-3H3. The van der Waals surface area contributed by atoms with Crippen molar-refractivity contribution in [1.82, 2.24) is 29.1 Å². The van der Waals surface area contributed by atoms with Crippen LogP contribution in [-0.2, 0) is 33.1 Å². The number of aromatic nitrogens is 4. The van der Waals surface area contributed by atoms with Gasteiger partial charge in [-0.05, 0) is 14.1 Å². The van der Waals surface area contributed by atoms with Gasteiger partial charge in [0.05, 0.1) is 11.9 Å². The molecule has 0 aromatic carbocycles. The van der Waals surface area contributed by atoms with Crippen molar-refractivity contribution in [1.29, 1.82) is 0 Å². The van der Waals surface area contributed by atoms with Crippen LogP contribution in [0.4, 0.5) is 0 Å². The monoisotopic (exact) mass is 288 g/mol. The number of imidazole rings is 1. The molecule has 0 radical (unpaired) electrons.